The Morgan fingerprint density at radius 2 is 1.87 bits per heavy atom. The summed E-state index contributed by atoms with van der Waals surface area (Å²) in [4.78, 5) is 4.27. The Labute approximate surface area is 97.3 Å². The molecule has 2 rings (SSSR count). The first-order valence-corrected chi connectivity index (χ1v) is 5.63. The Bertz CT molecular complexity index is 445. The van der Waals surface area contributed by atoms with E-state index in [0.29, 0.717) is 6.04 Å². The lowest BCUT2D eigenvalue weighted by molar-refractivity contribution is 0.532. The van der Waals surface area contributed by atoms with E-state index in [9.17, 15) is 0 Å². The first-order chi connectivity index (χ1) is 7.16. The van der Waals surface area contributed by atoms with Gasteiger partial charge in [-0.2, -0.15) is 5.10 Å². The van der Waals surface area contributed by atoms with E-state index in [1.807, 2.05) is 28.9 Å². The van der Waals surface area contributed by atoms with Gasteiger partial charge in [0, 0.05) is 16.1 Å². The molecule has 0 radical (unpaired) electrons. The maximum absolute atomic E-state index is 4.40. The molecule has 0 unspecified atom stereocenters. The maximum atomic E-state index is 4.40. The number of benzene rings is 1. The van der Waals surface area contributed by atoms with Crippen LogP contribution >= 0.6 is 15.9 Å². The molecule has 0 saturated carbocycles. The van der Waals surface area contributed by atoms with Gasteiger partial charge in [-0.3, -0.25) is 0 Å². The van der Waals surface area contributed by atoms with Gasteiger partial charge in [-0.15, -0.1) is 0 Å². The molecule has 0 aliphatic rings. The van der Waals surface area contributed by atoms with Gasteiger partial charge in [0.15, 0.2) is 5.82 Å². The molecule has 0 atom stereocenters. The van der Waals surface area contributed by atoms with Crippen LogP contribution in [0.4, 0.5) is 0 Å². The molecule has 0 aliphatic carbocycles. The minimum Gasteiger partial charge on any atom is -0.250 e. The summed E-state index contributed by atoms with van der Waals surface area (Å²) in [5.41, 5.74) is 1.04. The molecule has 1 heterocycles. The Morgan fingerprint density at radius 3 is 2.40 bits per heavy atom. The molecular weight excluding hydrogens is 254 g/mol. The van der Waals surface area contributed by atoms with Crippen molar-refractivity contribution >= 4 is 15.9 Å². The summed E-state index contributed by atoms with van der Waals surface area (Å²) in [5, 5.41) is 4.40. The molecule has 0 spiro atoms. The molecule has 0 amide bonds. The number of hydrogen-bond acceptors (Lipinski definition) is 2. The van der Waals surface area contributed by atoms with Gasteiger partial charge in [0.2, 0.25) is 0 Å². The highest BCUT2D eigenvalue weighted by Crippen LogP contribution is 2.18. The second kappa shape index (κ2) is 4.14. The second-order valence-electron chi connectivity index (χ2n) is 3.65. The molecule has 3 nitrogen and oxygen atoms in total. The number of rotatable bonds is 2. The molecule has 0 aliphatic heterocycles. The summed E-state index contributed by atoms with van der Waals surface area (Å²) in [6.07, 6.45) is 1.77. The molecule has 1 aromatic carbocycles. The summed E-state index contributed by atoms with van der Waals surface area (Å²) in [6.45, 7) is 4.17. The Hall–Kier alpha value is -1.16. The number of aromatic nitrogens is 3. The third kappa shape index (κ3) is 2.26. The van der Waals surface area contributed by atoms with Gasteiger partial charge in [0.25, 0.3) is 0 Å². The largest absolute Gasteiger partial charge is 0.250 e. The van der Waals surface area contributed by atoms with Gasteiger partial charge in [0.05, 0.1) is 0 Å². The first-order valence-electron chi connectivity index (χ1n) is 4.84. The zero-order chi connectivity index (χ0) is 10.8. The highest BCUT2D eigenvalue weighted by Gasteiger charge is 2.05. The normalized spacial score (nSPS) is 10.9. The van der Waals surface area contributed by atoms with Crippen LogP contribution in [-0.4, -0.2) is 14.8 Å². The molecule has 0 N–H and O–H groups in total. The van der Waals surface area contributed by atoms with Crippen molar-refractivity contribution in [1.82, 2.24) is 14.8 Å². The van der Waals surface area contributed by atoms with Crippen LogP contribution in [0.2, 0.25) is 0 Å². The zero-order valence-corrected chi connectivity index (χ0v) is 10.3. The molecular formula is C11H12BrN3. The van der Waals surface area contributed by atoms with Crippen molar-refractivity contribution in [2.45, 2.75) is 19.9 Å². The lowest BCUT2D eigenvalue weighted by Crippen LogP contribution is -2.00. The van der Waals surface area contributed by atoms with E-state index in [1.54, 1.807) is 6.33 Å². The van der Waals surface area contributed by atoms with Crippen molar-refractivity contribution in [1.29, 1.82) is 0 Å². The van der Waals surface area contributed by atoms with E-state index in [4.69, 9.17) is 0 Å². The van der Waals surface area contributed by atoms with Crippen molar-refractivity contribution in [3.63, 3.8) is 0 Å². The van der Waals surface area contributed by atoms with E-state index < -0.39 is 0 Å². The quantitative estimate of drug-likeness (QED) is 0.835. The lowest BCUT2D eigenvalue weighted by atomic mass is 10.2. The average molecular weight is 266 g/mol. The van der Waals surface area contributed by atoms with Gasteiger partial charge in [0.1, 0.15) is 6.33 Å². The zero-order valence-electron chi connectivity index (χ0n) is 8.68. The second-order valence-corrected chi connectivity index (χ2v) is 4.56. The van der Waals surface area contributed by atoms with Crippen LogP contribution in [-0.2, 0) is 0 Å². The lowest BCUT2D eigenvalue weighted by Gasteiger charge is -2.01. The minimum atomic E-state index is 0.349. The first kappa shape index (κ1) is 10.4. The third-order valence-electron chi connectivity index (χ3n) is 2.14. The minimum absolute atomic E-state index is 0.349. The highest BCUT2D eigenvalue weighted by molar-refractivity contribution is 9.10. The molecule has 0 bridgehead atoms. The molecule has 15 heavy (non-hydrogen) atoms. The number of hydrogen-bond donors (Lipinski definition) is 0. The molecule has 78 valence electrons. The monoisotopic (exact) mass is 265 g/mol. The molecule has 0 fully saturated rings. The van der Waals surface area contributed by atoms with E-state index in [0.717, 1.165) is 15.9 Å². The summed E-state index contributed by atoms with van der Waals surface area (Å²) < 4.78 is 2.92. The fourth-order valence-electron chi connectivity index (χ4n) is 1.25. The van der Waals surface area contributed by atoms with Gasteiger partial charge in [-0.05, 0) is 26.0 Å². The van der Waals surface area contributed by atoms with Crippen LogP contribution in [0.25, 0.3) is 11.4 Å². The smallest absolute Gasteiger partial charge is 0.181 e. The van der Waals surface area contributed by atoms with Gasteiger partial charge < -0.3 is 0 Å². The van der Waals surface area contributed by atoms with E-state index in [2.05, 4.69) is 39.9 Å². The SMILES string of the molecule is CC(C)n1cnc(-c2ccc(Br)cc2)n1. The molecule has 4 heteroatoms. The van der Waals surface area contributed by atoms with Crippen molar-refractivity contribution in [2.75, 3.05) is 0 Å². The maximum Gasteiger partial charge on any atom is 0.181 e. The Kier molecular flexibility index (Phi) is 2.86. The summed E-state index contributed by atoms with van der Waals surface area (Å²) in [7, 11) is 0. The average Bonchev–Trinajstić information content (AvgIpc) is 2.68. The van der Waals surface area contributed by atoms with Crippen molar-refractivity contribution in [3.05, 3.63) is 35.1 Å². The van der Waals surface area contributed by atoms with Crippen molar-refractivity contribution in [3.8, 4) is 11.4 Å². The summed E-state index contributed by atoms with van der Waals surface area (Å²) in [6, 6.07) is 8.34. The van der Waals surface area contributed by atoms with E-state index in [-0.39, 0.29) is 0 Å². The Morgan fingerprint density at radius 1 is 1.20 bits per heavy atom. The number of nitrogens with zero attached hydrogens (tertiary/aromatic N) is 3. The van der Waals surface area contributed by atoms with Gasteiger partial charge in [-0.1, -0.05) is 28.1 Å². The van der Waals surface area contributed by atoms with Crippen LogP contribution in [0.15, 0.2) is 35.1 Å². The predicted octanol–water partition coefficient (Wildman–Crippen LogP) is 3.29. The van der Waals surface area contributed by atoms with Crippen LogP contribution in [0.5, 0.6) is 0 Å². The highest BCUT2D eigenvalue weighted by atomic mass is 79.9. The van der Waals surface area contributed by atoms with Crippen molar-refractivity contribution in [2.24, 2.45) is 0 Å². The van der Waals surface area contributed by atoms with E-state index in [1.165, 1.54) is 0 Å². The van der Waals surface area contributed by atoms with Crippen LogP contribution in [0, 0.1) is 0 Å². The number of halogens is 1. The summed E-state index contributed by atoms with van der Waals surface area (Å²) in [5.74, 6) is 0.774. The van der Waals surface area contributed by atoms with Gasteiger partial charge >= 0.3 is 0 Å². The predicted molar refractivity (Wildman–Crippen MR) is 63.5 cm³/mol. The van der Waals surface area contributed by atoms with E-state index >= 15 is 0 Å². The fourth-order valence-corrected chi connectivity index (χ4v) is 1.52. The molecule has 0 saturated heterocycles. The fraction of sp³-hybridized carbons (Fsp3) is 0.273. The van der Waals surface area contributed by atoms with Crippen LogP contribution < -0.4 is 0 Å². The third-order valence-corrected chi connectivity index (χ3v) is 2.67. The molecule has 2 aromatic rings. The summed E-state index contributed by atoms with van der Waals surface area (Å²) >= 11 is 3.40. The van der Waals surface area contributed by atoms with Crippen LogP contribution in [0.1, 0.15) is 19.9 Å². The van der Waals surface area contributed by atoms with Crippen molar-refractivity contribution < 1.29 is 0 Å². The van der Waals surface area contributed by atoms with Crippen LogP contribution in [0.3, 0.4) is 0 Å². The topological polar surface area (TPSA) is 30.7 Å². The van der Waals surface area contributed by atoms with Gasteiger partial charge in [-0.25, -0.2) is 9.67 Å². The Balaban J connectivity index is 2.33. The standard InChI is InChI=1S/C11H12BrN3/c1-8(2)15-7-13-11(14-15)9-3-5-10(12)6-4-9/h3-8H,1-2H3. The molecule has 1 aromatic heterocycles.